The third-order valence-corrected chi connectivity index (χ3v) is 7.38. The van der Waals surface area contributed by atoms with Gasteiger partial charge in [-0.25, -0.2) is 0 Å². The Morgan fingerprint density at radius 3 is 2.79 bits per heavy atom. The van der Waals surface area contributed by atoms with Gasteiger partial charge in [-0.2, -0.15) is 0 Å². The minimum Gasteiger partial charge on any atom is -0.356 e. The first-order valence-corrected chi connectivity index (χ1v) is 11.3. The highest BCUT2D eigenvalue weighted by Gasteiger charge is 2.35. The number of nitrogens with one attached hydrogen (secondary N) is 1. The van der Waals surface area contributed by atoms with Gasteiger partial charge in [0.05, 0.1) is 5.75 Å². The molecule has 0 saturated carbocycles. The molecule has 1 fully saturated rings. The molecule has 2 aliphatic rings. The van der Waals surface area contributed by atoms with Crippen molar-refractivity contribution in [3.05, 3.63) is 63.6 Å². The van der Waals surface area contributed by atoms with Gasteiger partial charge in [-0.15, -0.1) is 0 Å². The highest BCUT2D eigenvalue weighted by atomic mass is 32.2. The Hall–Kier alpha value is -2.12. The van der Waals surface area contributed by atoms with E-state index < -0.39 is 0 Å². The van der Waals surface area contributed by atoms with Gasteiger partial charge in [0.25, 0.3) is 5.56 Å². The summed E-state index contributed by atoms with van der Waals surface area (Å²) in [7, 11) is 0. The number of piperidine rings is 1. The number of thioether (sulfide) groups is 1. The van der Waals surface area contributed by atoms with Gasteiger partial charge in [-0.1, -0.05) is 36.1 Å². The van der Waals surface area contributed by atoms with Crippen LogP contribution in [0.1, 0.15) is 29.2 Å². The molecule has 2 atom stereocenters. The lowest BCUT2D eigenvalue weighted by molar-refractivity contribution is -0.113. The number of amides is 1. The summed E-state index contributed by atoms with van der Waals surface area (Å²) in [5, 5.41) is 2.95. The summed E-state index contributed by atoms with van der Waals surface area (Å²) < 4.78 is 2.69. The number of aryl methyl sites for hydroxylation is 2. The zero-order chi connectivity index (χ0) is 20.5. The van der Waals surface area contributed by atoms with Gasteiger partial charge in [-0.3, -0.25) is 9.59 Å². The van der Waals surface area contributed by atoms with E-state index in [0.717, 1.165) is 47.3 Å². The summed E-state index contributed by atoms with van der Waals surface area (Å²) in [6, 6.07) is 11.5. The summed E-state index contributed by atoms with van der Waals surface area (Å²) in [4.78, 5) is 26.7. The minimum atomic E-state index is -0.0466. The van der Waals surface area contributed by atoms with Crippen molar-refractivity contribution in [2.45, 2.75) is 32.7 Å². The molecule has 5 nitrogen and oxygen atoms in total. The van der Waals surface area contributed by atoms with E-state index in [9.17, 15) is 9.59 Å². The van der Waals surface area contributed by atoms with Crippen LogP contribution >= 0.6 is 24.0 Å². The zero-order valence-electron chi connectivity index (χ0n) is 16.7. The van der Waals surface area contributed by atoms with Crippen LogP contribution in [0.25, 0.3) is 0 Å². The van der Waals surface area contributed by atoms with Crippen molar-refractivity contribution >= 4 is 39.9 Å². The summed E-state index contributed by atoms with van der Waals surface area (Å²) in [6.07, 6.45) is 1.10. The number of nitrogens with zero attached hydrogens (tertiary/aromatic N) is 2. The Labute approximate surface area is 180 Å². The van der Waals surface area contributed by atoms with Gasteiger partial charge in [0.15, 0.2) is 0 Å². The molecular weight excluding hydrogens is 402 g/mol. The van der Waals surface area contributed by atoms with E-state index in [2.05, 4.69) is 23.2 Å². The number of carbonyl (C=O) groups is 1. The average Bonchev–Trinajstić information content (AvgIpc) is 2.69. The van der Waals surface area contributed by atoms with E-state index in [1.165, 1.54) is 17.3 Å². The second-order valence-corrected chi connectivity index (χ2v) is 9.61. The standard InChI is InChI=1S/C22H25N3O2S2/c1-14-6-7-18(8-15(14)2)23-20(26)13-29-22(28)24-10-16-9-17(12-24)19-4-3-5-21(27)25(19)11-16/h3-8,16-17H,9-13H2,1-2H3,(H,23,26)/t16-,17+/m0/s1. The number of thiocarbonyl (C=S) groups is 1. The van der Waals surface area contributed by atoms with Gasteiger partial charge in [0.2, 0.25) is 5.91 Å². The van der Waals surface area contributed by atoms with Crippen molar-refractivity contribution in [1.82, 2.24) is 9.47 Å². The topological polar surface area (TPSA) is 54.3 Å². The molecule has 152 valence electrons. The van der Waals surface area contributed by atoms with Crippen LogP contribution < -0.4 is 10.9 Å². The van der Waals surface area contributed by atoms with Crippen molar-refractivity contribution < 1.29 is 4.79 Å². The van der Waals surface area contributed by atoms with E-state index in [0.29, 0.717) is 17.6 Å². The van der Waals surface area contributed by atoms with Crippen LogP contribution in [0.15, 0.2) is 41.2 Å². The molecule has 1 aromatic heterocycles. The Bertz CT molecular complexity index is 1020. The molecular formula is C22H25N3O2S2. The Balaban J connectivity index is 1.34. The van der Waals surface area contributed by atoms with E-state index in [-0.39, 0.29) is 11.5 Å². The zero-order valence-corrected chi connectivity index (χ0v) is 18.3. The first-order valence-electron chi connectivity index (χ1n) is 9.89. The third kappa shape index (κ3) is 4.41. The van der Waals surface area contributed by atoms with Crippen LogP contribution in [-0.4, -0.2) is 38.5 Å². The lowest BCUT2D eigenvalue weighted by Crippen LogP contribution is -2.48. The van der Waals surface area contributed by atoms with Gasteiger partial charge in [0, 0.05) is 43.0 Å². The number of anilines is 1. The molecule has 0 spiro atoms. The van der Waals surface area contributed by atoms with Gasteiger partial charge in [-0.05, 0) is 55.5 Å². The largest absolute Gasteiger partial charge is 0.356 e. The molecule has 1 aromatic carbocycles. The quantitative estimate of drug-likeness (QED) is 0.760. The molecule has 0 aliphatic carbocycles. The predicted molar refractivity (Wildman–Crippen MR) is 123 cm³/mol. The Morgan fingerprint density at radius 2 is 2.00 bits per heavy atom. The number of fused-ring (bicyclic) bond motifs is 4. The molecule has 0 unspecified atom stereocenters. The number of pyridine rings is 1. The Kier molecular flexibility index (Phi) is 5.79. The lowest BCUT2D eigenvalue weighted by atomic mass is 9.83. The third-order valence-electron chi connectivity index (χ3n) is 5.86. The number of aromatic nitrogens is 1. The molecule has 1 amide bonds. The van der Waals surface area contributed by atoms with Crippen LogP contribution in [0.3, 0.4) is 0 Å². The number of hydrogen-bond acceptors (Lipinski definition) is 4. The first-order chi connectivity index (χ1) is 13.9. The SMILES string of the molecule is Cc1ccc(NC(=O)CSC(=S)N2C[C@@H]3C[C@H](C2)c2cccc(=O)n2C3)cc1C. The molecule has 29 heavy (non-hydrogen) atoms. The lowest BCUT2D eigenvalue weighted by Gasteiger charge is -2.43. The first kappa shape index (κ1) is 20.2. The minimum absolute atomic E-state index is 0.0466. The maximum atomic E-state index is 12.3. The van der Waals surface area contributed by atoms with E-state index >= 15 is 0 Å². The van der Waals surface area contributed by atoms with Crippen molar-refractivity contribution in [2.75, 3.05) is 24.2 Å². The fourth-order valence-corrected chi connectivity index (χ4v) is 5.26. The molecule has 2 bridgehead atoms. The second-order valence-electron chi connectivity index (χ2n) is 8.00. The summed E-state index contributed by atoms with van der Waals surface area (Å²) in [5.41, 5.74) is 4.38. The van der Waals surface area contributed by atoms with Crippen LogP contribution in [0, 0.1) is 19.8 Å². The van der Waals surface area contributed by atoms with Crippen LogP contribution in [-0.2, 0) is 11.3 Å². The second kappa shape index (κ2) is 8.32. The summed E-state index contributed by atoms with van der Waals surface area (Å²) >= 11 is 7.06. The molecule has 2 aliphatic heterocycles. The van der Waals surface area contributed by atoms with Gasteiger partial charge in [0.1, 0.15) is 4.32 Å². The molecule has 3 heterocycles. The molecule has 4 rings (SSSR count). The van der Waals surface area contributed by atoms with Crippen molar-refractivity contribution in [3.8, 4) is 0 Å². The van der Waals surface area contributed by atoms with Crippen LogP contribution in [0.2, 0.25) is 0 Å². The van der Waals surface area contributed by atoms with E-state index in [4.69, 9.17) is 12.2 Å². The number of likely N-dealkylation sites (tertiary alicyclic amines) is 1. The summed E-state index contributed by atoms with van der Waals surface area (Å²) in [6.45, 7) is 6.50. The predicted octanol–water partition coefficient (Wildman–Crippen LogP) is 3.54. The normalized spacial score (nSPS) is 20.1. The molecule has 7 heteroatoms. The number of rotatable bonds is 3. The van der Waals surface area contributed by atoms with E-state index in [1.54, 1.807) is 6.07 Å². The maximum absolute atomic E-state index is 12.3. The summed E-state index contributed by atoms with van der Waals surface area (Å²) in [5.74, 6) is 0.992. The average molecular weight is 428 g/mol. The highest BCUT2D eigenvalue weighted by molar-refractivity contribution is 8.23. The molecule has 2 aromatic rings. The molecule has 1 N–H and O–H groups in total. The fourth-order valence-electron chi connectivity index (χ4n) is 4.28. The highest BCUT2D eigenvalue weighted by Crippen LogP contribution is 2.36. The molecule has 1 saturated heterocycles. The maximum Gasteiger partial charge on any atom is 0.250 e. The molecule has 0 radical (unpaired) electrons. The van der Waals surface area contributed by atoms with Gasteiger partial charge < -0.3 is 14.8 Å². The fraction of sp³-hybridized carbons (Fsp3) is 0.409. The smallest absolute Gasteiger partial charge is 0.250 e. The number of hydrogen-bond donors (Lipinski definition) is 1. The van der Waals surface area contributed by atoms with Crippen LogP contribution in [0.5, 0.6) is 0 Å². The van der Waals surface area contributed by atoms with Crippen LogP contribution in [0.4, 0.5) is 5.69 Å². The van der Waals surface area contributed by atoms with Gasteiger partial charge >= 0.3 is 0 Å². The van der Waals surface area contributed by atoms with Crippen molar-refractivity contribution in [2.24, 2.45) is 5.92 Å². The number of benzene rings is 1. The van der Waals surface area contributed by atoms with E-state index in [1.807, 2.05) is 35.8 Å². The number of carbonyl (C=O) groups excluding carboxylic acids is 1. The van der Waals surface area contributed by atoms with Crippen molar-refractivity contribution in [1.29, 1.82) is 0 Å². The monoisotopic (exact) mass is 427 g/mol. The Morgan fingerprint density at radius 1 is 1.17 bits per heavy atom. The van der Waals surface area contributed by atoms with Crippen molar-refractivity contribution in [3.63, 3.8) is 0 Å².